The Kier molecular flexibility index (Phi) is 5.58. The number of esters is 1. The van der Waals surface area contributed by atoms with Crippen molar-refractivity contribution in [2.45, 2.75) is 32.0 Å². The third-order valence-electron chi connectivity index (χ3n) is 4.94. The molecule has 2 aromatic rings. The number of rotatable bonds is 3. The van der Waals surface area contributed by atoms with Crippen molar-refractivity contribution in [3.05, 3.63) is 56.8 Å². The Morgan fingerprint density at radius 3 is 2.58 bits per heavy atom. The maximum Gasteiger partial charge on any atom is 0.434 e. The van der Waals surface area contributed by atoms with E-state index in [0.717, 1.165) is 10.7 Å². The van der Waals surface area contributed by atoms with Gasteiger partial charge in [-0.1, -0.05) is 11.5 Å². The lowest BCUT2D eigenvalue weighted by Crippen LogP contribution is -2.41. The first-order valence-corrected chi connectivity index (χ1v) is 9.32. The molecule has 0 saturated heterocycles. The Hall–Kier alpha value is -3.32. The fourth-order valence-corrected chi connectivity index (χ4v) is 3.44. The lowest BCUT2D eigenvalue weighted by molar-refractivity contribution is -0.242. The average molecular weight is 435 g/mol. The number of halogens is 3. The zero-order chi connectivity index (χ0) is 23.1. The summed E-state index contributed by atoms with van der Waals surface area (Å²) in [6.45, 7) is 3.35. The topological polar surface area (TPSA) is 86.3 Å². The molecule has 2 aromatic heterocycles. The van der Waals surface area contributed by atoms with Gasteiger partial charge in [0.05, 0.1) is 12.2 Å². The van der Waals surface area contributed by atoms with E-state index in [1.807, 2.05) is 5.92 Å². The Bertz CT molecular complexity index is 1210. The van der Waals surface area contributed by atoms with Crippen molar-refractivity contribution in [1.82, 2.24) is 14.3 Å². The molecule has 164 valence electrons. The third kappa shape index (κ3) is 3.77. The van der Waals surface area contributed by atoms with Crippen LogP contribution in [0.25, 0.3) is 5.57 Å². The molecular formula is C21H20F3N3O4. The van der Waals surface area contributed by atoms with Gasteiger partial charge in [0, 0.05) is 49.6 Å². The Morgan fingerprint density at radius 1 is 1.35 bits per heavy atom. The smallest absolute Gasteiger partial charge is 0.434 e. The summed E-state index contributed by atoms with van der Waals surface area (Å²) in [6, 6.07) is 1.02. The monoisotopic (exact) mass is 435 g/mol. The number of hydrogen-bond acceptors (Lipinski definition) is 5. The van der Waals surface area contributed by atoms with Gasteiger partial charge in [0.15, 0.2) is 0 Å². The molecule has 31 heavy (non-hydrogen) atoms. The minimum atomic E-state index is -5.14. The van der Waals surface area contributed by atoms with Gasteiger partial charge in [-0.25, -0.2) is 4.79 Å². The van der Waals surface area contributed by atoms with Crippen LogP contribution in [0.3, 0.4) is 0 Å². The number of nitrogens with zero attached hydrogens (tertiary/aromatic N) is 3. The summed E-state index contributed by atoms with van der Waals surface area (Å²) >= 11 is 0. The molecule has 1 atom stereocenters. The Balaban J connectivity index is 2.24. The number of aryl methyl sites for hydroxylation is 2. The number of alkyl halides is 3. The highest BCUT2D eigenvalue weighted by Gasteiger charge is 2.56. The molecule has 1 unspecified atom stereocenters. The molecule has 7 nitrogen and oxygen atoms in total. The van der Waals surface area contributed by atoms with E-state index in [2.05, 4.69) is 11.0 Å². The highest BCUT2D eigenvalue weighted by atomic mass is 19.4. The molecule has 0 radical (unpaired) electrons. The summed E-state index contributed by atoms with van der Waals surface area (Å²) in [6.07, 6.45) is -2.51. The van der Waals surface area contributed by atoms with Crippen LogP contribution in [0.15, 0.2) is 28.8 Å². The van der Waals surface area contributed by atoms with E-state index in [9.17, 15) is 27.9 Å². The van der Waals surface area contributed by atoms with Crippen LogP contribution in [-0.2, 0) is 35.6 Å². The van der Waals surface area contributed by atoms with Crippen LogP contribution in [0.1, 0.15) is 36.2 Å². The van der Waals surface area contributed by atoms with Crippen molar-refractivity contribution in [1.29, 1.82) is 0 Å². The van der Waals surface area contributed by atoms with Crippen LogP contribution in [-0.4, -0.2) is 38.2 Å². The number of pyridine rings is 1. The zero-order valence-corrected chi connectivity index (χ0v) is 17.3. The maximum atomic E-state index is 13.7. The normalized spacial score (nSPS) is 15.2. The lowest BCUT2D eigenvalue weighted by Gasteiger charge is -2.23. The molecule has 0 amide bonds. The molecule has 0 fully saturated rings. The minimum absolute atomic E-state index is 0.00407. The van der Waals surface area contributed by atoms with Gasteiger partial charge < -0.3 is 14.4 Å². The lowest BCUT2D eigenvalue weighted by atomic mass is 9.97. The molecule has 1 aliphatic carbocycles. The highest BCUT2D eigenvalue weighted by molar-refractivity contribution is 6.19. The first kappa shape index (κ1) is 22.4. The van der Waals surface area contributed by atoms with Crippen molar-refractivity contribution in [3.8, 4) is 11.8 Å². The number of hydrogen-bond donors (Lipinski definition) is 1. The standard InChI is InChI=1S/C21H20F3N3O4/c1-5-31-19(29)16-12(2)10-14-17(16)13(11-26(3)18(14)28)6-8-20(30,21(22,23)24)15-7-9-27(4)25-15/h7,9,11,30H,5,10H2,1-4H3. The van der Waals surface area contributed by atoms with E-state index < -0.39 is 29.0 Å². The van der Waals surface area contributed by atoms with Crippen LogP contribution >= 0.6 is 0 Å². The third-order valence-corrected chi connectivity index (χ3v) is 4.94. The van der Waals surface area contributed by atoms with Gasteiger partial charge in [-0.05, 0) is 25.8 Å². The summed E-state index contributed by atoms with van der Waals surface area (Å²) in [5.41, 5.74) is -3.60. The number of aliphatic hydroxyl groups is 1. The van der Waals surface area contributed by atoms with E-state index in [4.69, 9.17) is 4.74 Å². The van der Waals surface area contributed by atoms with Crippen molar-refractivity contribution in [3.63, 3.8) is 0 Å². The first-order valence-electron chi connectivity index (χ1n) is 9.32. The summed E-state index contributed by atoms with van der Waals surface area (Å²) < 4.78 is 48.6. The minimum Gasteiger partial charge on any atom is -0.462 e. The first-order chi connectivity index (χ1) is 14.4. The SMILES string of the molecule is CCOC(=O)C1=C(C)Cc2c1c(C#CC(O)(c1ccn(C)n1)C(F)(F)F)cn(C)c2=O. The quantitative estimate of drug-likeness (QED) is 0.587. The van der Waals surface area contributed by atoms with Gasteiger partial charge in [-0.15, -0.1) is 0 Å². The average Bonchev–Trinajstić information content (AvgIpc) is 3.26. The number of ether oxygens (including phenoxy) is 1. The second-order valence-corrected chi connectivity index (χ2v) is 7.20. The molecule has 3 rings (SSSR count). The predicted molar refractivity (Wildman–Crippen MR) is 105 cm³/mol. The van der Waals surface area contributed by atoms with Gasteiger partial charge >= 0.3 is 12.1 Å². The van der Waals surface area contributed by atoms with Gasteiger partial charge in [-0.3, -0.25) is 9.48 Å². The Morgan fingerprint density at radius 2 is 2.03 bits per heavy atom. The fraction of sp³-hybridized carbons (Fsp3) is 0.381. The van der Waals surface area contributed by atoms with Crippen LogP contribution in [0, 0.1) is 11.8 Å². The van der Waals surface area contributed by atoms with E-state index in [1.165, 1.54) is 31.1 Å². The zero-order valence-electron chi connectivity index (χ0n) is 17.3. The van der Waals surface area contributed by atoms with E-state index in [0.29, 0.717) is 5.57 Å². The van der Waals surface area contributed by atoms with Gasteiger partial charge in [-0.2, -0.15) is 18.3 Å². The fourth-order valence-electron chi connectivity index (χ4n) is 3.44. The molecule has 0 aliphatic heterocycles. The number of allylic oxidation sites excluding steroid dienone is 1. The summed E-state index contributed by atoms with van der Waals surface area (Å²) in [5, 5.41) is 14.1. The van der Waals surface area contributed by atoms with Gasteiger partial charge in [0.25, 0.3) is 11.2 Å². The van der Waals surface area contributed by atoms with E-state index in [-0.39, 0.29) is 35.3 Å². The second-order valence-electron chi connectivity index (χ2n) is 7.20. The molecular weight excluding hydrogens is 415 g/mol. The number of fused-ring (bicyclic) bond motifs is 1. The van der Waals surface area contributed by atoms with Crippen molar-refractivity contribution in [2.24, 2.45) is 14.1 Å². The van der Waals surface area contributed by atoms with E-state index in [1.54, 1.807) is 13.8 Å². The maximum absolute atomic E-state index is 13.7. The summed E-state index contributed by atoms with van der Waals surface area (Å²) in [7, 11) is 2.84. The molecule has 10 heteroatoms. The number of carbonyl (C=O) groups is 1. The number of aromatic nitrogens is 3. The van der Waals surface area contributed by atoms with Crippen molar-refractivity contribution < 1.29 is 27.8 Å². The van der Waals surface area contributed by atoms with Gasteiger partial charge in [0.2, 0.25) is 0 Å². The molecule has 1 aliphatic rings. The van der Waals surface area contributed by atoms with Crippen LogP contribution in [0.5, 0.6) is 0 Å². The number of carbonyl (C=O) groups excluding carboxylic acids is 1. The van der Waals surface area contributed by atoms with E-state index >= 15 is 0 Å². The van der Waals surface area contributed by atoms with Crippen LogP contribution in [0.2, 0.25) is 0 Å². The molecule has 0 aromatic carbocycles. The molecule has 0 bridgehead atoms. The van der Waals surface area contributed by atoms with Crippen molar-refractivity contribution >= 4 is 11.5 Å². The second kappa shape index (κ2) is 7.74. The largest absolute Gasteiger partial charge is 0.462 e. The molecule has 2 heterocycles. The predicted octanol–water partition coefficient (Wildman–Crippen LogP) is 1.81. The highest BCUT2D eigenvalue weighted by Crippen LogP contribution is 2.38. The van der Waals surface area contributed by atoms with Crippen LogP contribution < -0.4 is 5.56 Å². The summed E-state index contributed by atoms with van der Waals surface area (Å²) in [5.74, 6) is 3.53. The van der Waals surface area contributed by atoms with Gasteiger partial charge in [0.1, 0.15) is 5.69 Å². The van der Waals surface area contributed by atoms with Crippen LogP contribution in [0.4, 0.5) is 13.2 Å². The Labute approximate surface area is 175 Å². The molecule has 0 saturated carbocycles. The molecule has 0 spiro atoms. The summed E-state index contributed by atoms with van der Waals surface area (Å²) in [4.78, 5) is 25.0. The molecule has 1 N–H and O–H groups in total. The van der Waals surface area contributed by atoms with Crippen molar-refractivity contribution in [2.75, 3.05) is 6.61 Å².